The minimum absolute atomic E-state index is 0.966. The molecule has 126 valence electrons. The van der Waals surface area contributed by atoms with Crippen LogP contribution in [0.15, 0.2) is 71.1 Å². The second kappa shape index (κ2) is 5.25. The zero-order valence-electron chi connectivity index (χ0n) is 14.5. The summed E-state index contributed by atoms with van der Waals surface area (Å²) in [6, 6.07) is 23.6. The first-order valence-corrected chi connectivity index (χ1v) is 9.43. The maximum Gasteiger partial charge on any atom is 0.160 e. The van der Waals surface area contributed by atoms with Crippen LogP contribution in [0.5, 0.6) is 0 Å². The van der Waals surface area contributed by atoms with E-state index in [-0.39, 0.29) is 0 Å². The Balaban J connectivity index is 1.84. The molecule has 2 nitrogen and oxygen atoms in total. The Morgan fingerprint density at radius 1 is 0.692 bits per heavy atom. The molecule has 0 atom stereocenters. The molecule has 0 aliphatic heterocycles. The van der Waals surface area contributed by atoms with E-state index in [2.05, 4.69) is 65.2 Å². The lowest BCUT2D eigenvalue weighted by Crippen LogP contribution is -2.06. The number of fused-ring (bicyclic) bond motifs is 7. The molecular weight excluding hydrogens is 318 g/mol. The Hall–Kier alpha value is -3.00. The summed E-state index contributed by atoms with van der Waals surface area (Å²) in [7, 11) is 0. The van der Waals surface area contributed by atoms with E-state index in [1.807, 2.05) is 6.07 Å². The first-order valence-electron chi connectivity index (χ1n) is 9.43. The highest BCUT2D eigenvalue weighted by Gasteiger charge is 2.24. The first-order chi connectivity index (χ1) is 12.9. The number of benzene rings is 3. The predicted molar refractivity (Wildman–Crippen MR) is 107 cm³/mol. The van der Waals surface area contributed by atoms with Crippen molar-refractivity contribution in [1.82, 2.24) is 4.57 Å². The summed E-state index contributed by atoms with van der Waals surface area (Å²) in [4.78, 5) is 0. The Labute approximate surface area is 151 Å². The second-order valence-corrected chi connectivity index (χ2v) is 7.24. The lowest BCUT2D eigenvalue weighted by atomic mass is 9.95. The molecule has 2 heterocycles. The molecule has 0 saturated heterocycles. The van der Waals surface area contributed by atoms with Crippen molar-refractivity contribution in [1.29, 1.82) is 0 Å². The van der Waals surface area contributed by atoms with E-state index in [1.54, 1.807) is 0 Å². The maximum atomic E-state index is 6.38. The summed E-state index contributed by atoms with van der Waals surface area (Å²) in [5.74, 6) is 0. The van der Waals surface area contributed by atoms with Gasteiger partial charge in [0.05, 0.1) is 5.52 Å². The van der Waals surface area contributed by atoms with E-state index in [0.717, 1.165) is 24.0 Å². The number of rotatable bonds is 1. The molecule has 0 spiro atoms. The fraction of sp³-hybridized carbons (Fsp3) is 0.167. The Morgan fingerprint density at radius 2 is 1.46 bits per heavy atom. The standard InChI is InChI=1S/C24H19NO/c1-2-8-16(9-3-1)25-21-12-6-4-10-17(21)19-14-15-20-18-11-5-7-13-22(18)26-24(20)23(19)25/h1-3,5,7-9,11,13-15H,4,6,10,12H2. The molecule has 0 fully saturated rings. The van der Waals surface area contributed by atoms with Crippen LogP contribution in [-0.2, 0) is 12.8 Å². The number of nitrogens with zero attached hydrogens (tertiary/aromatic N) is 1. The highest BCUT2D eigenvalue weighted by atomic mass is 16.3. The highest BCUT2D eigenvalue weighted by Crippen LogP contribution is 2.41. The van der Waals surface area contributed by atoms with Gasteiger partial charge in [0.2, 0.25) is 0 Å². The van der Waals surface area contributed by atoms with E-state index in [4.69, 9.17) is 4.42 Å². The first kappa shape index (κ1) is 14.2. The lowest BCUT2D eigenvalue weighted by molar-refractivity contribution is 0.661. The monoisotopic (exact) mass is 337 g/mol. The quantitative estimate of drug-likeness (QED) is 0.346. The number of hydrogen-bond donors (Lipinski definition) is 0. The third-order valence-corrected chi connectivity index (χ3v) is 5.79. The van der Waals surface area contributed by atoms with E-state index in [0.29, 0.717) is 0 Å². The summed E-state index contributed by atoms with van der Waals surface area (Å²) >= 11 is 0. The molecule has 0 bridgehead atoms. The van der Waals surface area contributed by atoms with Gasteiger partial charge in [0, 0.05) is 27.5 Å². The molecule has 0 unspecified atom stereocenters. The molecule has 0 radical (unpaired) electrons. The normalized spacial score (nSPS) is 14.3. The summed E-state index contributed by atoms with van der Waals surface area (Å²) < 4.78 is 8.84. The van der Waals surface area contributed by atoms with Crippen molar-refractivity contribution in [3.63, 3.8) is 0 Å². The second-order valence-electron chi connectivity index (χ2n) is 7.24. The minimum Gasteiger partial charge on any atom is -0.454 e. The van der Waals surface area contributed by atoms with Crippen molar-refractivity contribution >= 4 is 32.8 Å². The Kier molecular flexibility index (Phi) is 2.87. The molecule has 2 aromatic heterocycles. The smallest absolute Gasteiger partial charge is 0.160 e. The molecule has 1 aliphatic carbocycles. The summed E-state index contributed by atoms with van der Waals surface area (Å²) in [5, 5.41) is 3.76. The summed E-state index contributed by atoms with van der Waals surface area (Å²) in [6.07, 6.45) is 4.84. The van der Waals surface area contributed by atoms with Crippen molar-refractivity contribution < 1.29 is 4.42 Å². The topological polar surface area (TPSA) is 18.1 Å². The highest BCUT2D eigenvalue weighted by molar-refractivity contribution is 6.15. The van der Waals surface area contributed by atoms with Gasteiger partial charge in [0.25, 0.3) is 0 Å². The van der Waals surface area contributed by atoms with Gasteiger partial charge in [-0.3, -0.25) is 0 Å². The van der Waals surface area contributed by atoms with Gasteiger partial charge >= 0.3 is 0 Å². The van der Waals surface area contributed by atoms with Gasteiger partial charge in [-0.25, -0.2) is 0 Å². The van der Waals surface area contributed by atoms with E-state index in [1.165, 1.54) is 51.5 Å². The average Bonchev–Trinajstić information content (AvgIpc) is 3.24. The average molecular weight is 337 g/mol. The number of hydrogen-bond acceptors (Lipinski definition) is 1. The van der Waals surface area contributed by atoms with Crippen LogP contribution >= 0.6 is 0 Å². The zero-order chi connectivity index (χ0) is 17.1. The van der Waals surface area contributed by atoms with Gasteiger partial charge in [-0.2, -0.15) is 0 Å². The third kappa shape index (κ3) is 1.82. The molecule has 0 N–H and O–H groups in total. The van der Waals surface area contributed by atoms with Crippen LogP contribution in [0.4, 0.5) is 0 Å². The number of furan rings is 1. The maximum absolute atomic E-state index is 6.38. The van der Waals surface area contributed by atoms with Crippen molar-refractivity contribution in [2.75, 3.05) is 0 Å². The fourth-order valence-electron chi connectivity index (χ4n) is 4.66. The van der Waals surface area contributed by atoms with E-state index >= 15 is 0 Å². The molecule has 6 rings (SSSR count). The van der Waals surface area contributed by atoms with Crippen LogP contribution in [0.2, 0.25) is 0 Å². The summed E-state index contributed by atoms with van der Waals surface area (Å²) in [5.41, 5.74) is 7.42. The van der Waals surface area contributed by atoms with Crippen LogP contribution in [0.25, 0.3) is 38.5 Å². The van der Waals surface area contributed by atoms with Crippen LogP contribution < -0.4 is 0 Å². The van der Waals surface area contributed by atoms with Crippen LogP contribution in [0, 0.1) is 0 Å². The molecular formula is C24H19NO. The van der Waals surface area contributed by atoms with Gasteiger partial charge in [-0.1, -0.05) is 42.5 Å². The molecule has 1 aliphatic rings. The zero-order valence-corrected chi connectivity index (χ0v) is 14.5. The number of para-hydroxylation sites is 2. The molecule has 0 saturated carbocycles. The molecule has 2 heteroatoms. The predicted octanol–water partition coefficient (Wildman–Crippen LogP) is 6.41. The summed E-state index contributed by atoms with van der Waals surface area (Å²) in [6.45, 7) is 0. The Bertz CT molecular complexity index is 1270. The minimum atomic E-state index is 0.966. The van der Waals surface area contributed by atoms with Crippen LogP contribution in [0.3, 0.4) is 0 Å². The third-order valence-electron chi connectivity index (χ3n) is 5.79. The molecule has 26 heavy (non-hydrogen) atoms. The molecule has 3 aromatic carbocycles. The van der Waals surface area contributed by atoms with Gasteiger partial charge in [-0.05, 0) is 55.5 Å². The van der Waals surface area contributed by atoms with Gasteiger partial charge < -0.3 is 8.98 Å². The van der Waals surface area contributed by atoms with E-state index in [9.17, 15) is 0 Å². The van der Waals surface area contributed by atoms with Crippen molar-refractivity contribution in [3.05, 3.63) is 78.0 Å². The van der Waals surface area contributed by atoms with E-state index < -0.39 is 0 Å². The Morgan fingerprint density at radius 3 is 2.38 bits per heavy atom. The SMILES string of the molecule is c1ccc(-n2c3c(c4ccc5c6ccccc6oc5c42)CCCC3)cc1. The van der Waals surface area contributed by atoms with Crippen LogP contribution in [0.1, 0.15) is 24.1 Å². The largest absolute Gasteiger partial charge is 0.454 e. The van der Waals surface area contributed by atoms with Gasteiger partial charge in [0.15, 0.2) is 5.58 Å². The van der Waals surface area contributed by atoms with Gasteiger partial charge in [0.1, 0.15) is 5.58 Å². The van der Waals surface area contributed by atoms with Crippen molar-refractivity contribution in [3.8, 4) is 5.69 Å². The van der Waals surface area contributed by atoms with Crippen LogP contribution in [-0.4, -0.2) is 4.57 Å². The fourth-order valence-corrected chi connectivity index (χ4v) is 4.66. The van der Waals surface area contributed by atoms with Gasteiger partial charge in [-0.15, -0.1) is 0 Å². The number of aromatic nitrogens is 1. The molecule has 0 amide bonds. The molecule has 5 aromatic rings. The van der Waals surface area contributed by atoms with Crippen molar-refractivity contribution in [2.24, 2.45) is 0 Å². The number of aryl methyl sites for hydroxylation is 1. The van der Waals surface area contributed by atoms with Crippen molar-refractivity contribution in [2.45, 2.75) is 25.7 Å². The lowest BCUT2D eigenvalue weighted by Gasteiger charge is -2.16.